The molecule has 2 unspecified atom stereocenters. The van der Waals surface area contributed by atoms with Crippen LogP contribution in [0.2, 0.25) is 0 Å². The molecule has 1 N–H and O–H groups in total. The van der Waals surface area contributed by atoms with Gasteiger partial charge in [-0.25, -0.2) is 0 Å². The summed E-state index contributed by atoms with van der Waals surface area (Å²) in [4.78, 5) is 0. The van der Waals surface area contributed by atoms with Gasteiger partial charge in [-0.05, 0) is 48.9 Å². The van der Waals surface area contributed by atoms with Crippen molar-refractivity contribution in [1.82, 2.24) is 5.32 Å². The Bertz CT molecular complexity index is 387. The summed E-state index contributed by atoms with van der Waals surface area (Å²) in [7, 11) is 1.73. The van der Waals surface area contributed by atoms with Crippen LogP contribution in [0.4, 0.5) is 0 Å². The maximum atomic E-state index is 5.31. The van der Waals surface area contributed by atoms with Crippen LogP contribution < -0.4 is 10.1 Å². The van der Waals surface area contributed by atoms with Crippen molar-refractivity contribution < 1.29 is 4.74 Å². The number of fused-ring (bicyclic) bond motifs is 1. The molecule has 2 atom stereocenters. The lowest BCUT2D eigenvalue weighted by atomic mass is 10.0. The van der Waals surface area contributed by atoms with E-state index in [-0.39, 0.29) is 0 Å². The summed E-state index contributed by atoms with van der Waals surface area (Å²) in [6.07, 6.45) is 2.39. The normalized spacial score (nSPS) is 20.4. The fourth-order valence-corrected chi connectivity index (χ4v) is 2.39. The lowest BCUT2D eigenvalue weighted by Crippen LogP contribution is -2.33. The van der Waals surface area contributed by atoms with E-state index >= 15 is 0 Å². The second-order valence-corrected chi connectivity index (χ2v) is 5.36. The molecule has 17 heavy (non-hydrogen) atoms. The van der Waals surface area contributed by atoms with Gasteiger partial charge >= 0.3 is 0 Å². The van der Waals surface area contributed by atoms with Crippen LogP contribution in [0, 0.1) is 5.92 Å². The monoisotopic (exact) mass is 233 g/mol. The molecule has 2 rings (SSSR count). The van der Waals surface area contributed by atoms with Crippen LogP contribution in [0.25, 0.3) is 0 Å². The standard InChI is InChI=1S/C15H23NO/c1-10(2)11(3)16-15-8-6-12-5-7-13(17-4)9-14(12)15/h5,7,9-11,15-16H,6,8H2,1-4H3. The molecular weight excluding hydrogens is 210 g/mol. The van der Waals surface area contributed by atoms with Gasteiger partial charge in [0, 0.05) is 12.1 Å². The van der Waals surface area contributed by atoms with E-state index in [0.29, 0.717) is 18.0 Å². The Balaban J connectivity index is 2.15. The molecule has 0 radical (unpaired) electrons. The molecule has 1 aliphatic rings. The summed E-state index contributed by atoms with van der Waals surface area (Å²) in [6.45, 7) is 6.79. The summed E-state index contributed by atoms with van der Waals surface area (Å²) in [6, 6.07) is 7.50. The molecule has 1 aliphatic carbocycles. The molecule has 0 bridgehead atoms. The first-order chi connectivity index (χ1) is 8.11. The van der Waals surface area contributed by atoms with Crippen LogP contribution in [0.5, 0.6) is 5.75 Å². The van der Waals surface area contributed by atoms with Crippen molar-refractivity contribution in [2.24, 2.45) is 5.92 Å². The second kappa shape index (κ2) is 5.09. The van der Waals surface area contributed by atoms with Gasteiger partial charge in [-0.3, -0.25) is 0 Å². The highest BCUT2D eigenvalue weighted by Crippen LogP contribution is 2.34. The zero-order valence-corrected chi connectivity index (χ0v) is 11.3. The predicted molar refractivity (Wildman–Crippen MR) is 71.5 cm³/mol. The molecule has 0 fully saturated rings. The lowest BCUT2D eigenvalue weighted by molar-refractivity contribution is 0.373. The number of benzene rings is 1. The summed E-state index contributed by atoms with van der Waals surface area (Å²) < 4.78 is 5.31. The fraction of sp³-hybridized carbons (Fsp3) is 0.600. The molecule has 0 aromatic heterocycles. The van der Waals surface area contributed by atoms with Crippen LogP contribution in [0.3, 0.4) is 0 Å². The Kier molecular flexibility index (Phi) is 3.72. The molecule has 2 nitrogen and oxygen atoms in total. The second-order valence-electron chi connectivity index (χ2n) is 5.36. The number of rotatable bonds is 4. The average Bonchev–Trinajstić information content (AvgIpc) is 2.71. The lowest BCUT2D eigenvalue weighted by Gasteiger charge is -2.23. The van der Waals surface area contributed by atoms with Crippen LogP contribution in [0.1, 0.15) is 44.4 Å². The molecule has 0 heterocycles. The number of hydrogen-bond donors (Lipinski definition) is 1. The third-order valence-electron chi connectivity index (χ3n) is 3.89. The molecule has 0 aliphatic heterocycles. The molecule has 2 heteroatoms. The molecular formula is C15H23NO. The summed E-state index contributed by atoms with van der Waals surface area (Å²) >= 11 is 0. The fourth-order valence-electron chi connectivity index (χ4n) is 2.39. The first kappa shape index (κ1) is 12.4. The van der Waals surface area contributed by atoms with Crippen LogP contribution >= 0.6 is 0 Å². The van der Waals surface area contributed by atoms with Gasteiger partial charge in [-0.15, -0.1) is 0 Å². The van der Waals surface area contributed by atoms with Gasteiger partial charge in [-0.1, -0.05) is 19.9 Å². The van der Waals surface area contributed by atoms with E-state index in [4.69, 9.17) is 4.74 Å². The van der Waals surface area contributed by atoms with E-state index < -0.39 is 0 Å². The largest absolute Gasteiger partial charge is 0.497 e. The van der Waals surface area contributed by atoms with Gasteiger partial charge in [0.15, 0.2) is 0 Å². The highest BCUT2D eigenvalue weighted by atomic mass is 16.5. The zero-order valence-electron chi connectivity index (χ0n) is 11.3. The topological polar surface area (TPSA) is 21.3 Å². The SMILES string of the molecule is COc1ccc2c(c1)C(NC(C)C(C)C)CC2. The Morgan fingerprint density at radius 3 is 2.71 bits per heavy atom. The van der Waals surface area contributed by atoms with Gasteiger partial charge in [0.2, 0.25) is 0 Å². The maximum absolute atomic E-state index is 5.31. The number of ether oxygens (including phenoxy) is 1. The molecule has 0 saturated carbocycles. The first-order valence-electron chi connectivity index (χ1n) is 6.54. The highest BCUT2D eigenvalue weighted by molar-refractivity contribution is 5.40. The predicted octanol–water partition coefficient (Wildman–Crippen LogP) is 3.32. The summed E-state index contributed by atoms with van der Waals surface area (Å²) in [5, 5.41) is 3.73. The van der Waals surface area contributed by atoms with Crippen molar-refractivity contribution in [2.45, 2.75) is 45.7 Å². The van der Waals surface area contributed by atoms with Crippen molar-refractivity contribution in [3.05, 3.63) is 29.3 Å². The van der Waals surface area contributed by atoms with E-state index in [0.717, 1.165) is 5.75 Å². The molecule has 1 aromatic rings. The van der Waals surface area contributed by atoms with Crippen molar-refractivity contribution in [2.75, 3.05) is 7.11 Å². The van der Waals surface area contributed by atoms with E-state index in [1.165, 1.54) is 24.0 Å². The molecule has 94 valence electrons. The minimum absolute atomic E-state index is 0.498. The minimum atomic E-state index is 0.498. The smallest absolute Gasteiger partial charge is 0.119 e. The van der Waals surface area contributed by atoms with Gasteiger partial charge in [-0.2, -0.15) is 0 Å². The Hall–Kier alpha value is -1.02. The van der Waals surface area contributed by atoms with Gasteiger partial charge in [0.1, 0.15) is 5.75 Å². The van der Waals surface area contributed by atoms with Crippen molar-refractivity contribution in [1.29, 1.82) is 0 Å². The quantitative estimate of drug-likeness (QED) is 0.861. The first-order valence-corrected chi connectivity index (χ1v) is 6.54. The Morgan fingerprint density at radius 2 is 2.06 bits per heavy atom. The van der Waals surface area contributed by atoms with Crippen LogP contribution in [-0.4, -0.2) is 13.2 Å². The Morgan fingerprint density at radius 1 is 1.29 bits per heavy atom. The van der Waals surface area contributed by atoms with Crippen molar-refractivity contribution in [3.8, 4) is 5.75 Å². The summed E-state index contributed by atoms with van der Waals surface area (Å²) in [5.74, 6) is 1.64. The highest BCUT2D eigenvalue weighted by Gasteiger charge is 2.24. The average molecular weight is 233 g/mol. The van der Waals surface area contributed by atoms with Gasteiger partial charge in [0.05, 0.1) is 7.11 Å². The van der Waals surface area contributed by atoms with E-state index in [1.807, 2.05) is 0 Å². The van der Waals surface area contributed by atoms with E-state index in [9.17, 15) is 0 Å². The van der Waals surface area contributed by atoms with E-state index in [1.54, 1.807) is 7.11 Å². The third kappa shape index (κ3) is 2.63. The third-order valence-corrected chi connectivity index (χ3v) is 3.89. The van der Waals surface area contributed by atoms with Gasteiger partial charge < -0.3 is 10.1 Å². The van der Waals surface area contributed by atoms with Crippen molar-refractivity contribution in [3.63, 3.8) is 0 Å². The maximum Gasteiger partial charge on any atom is 0.119 e. The van der Waals surface area contributed by atoms with E-state index in [2.05, 4.69) is 44.3 Å². The van der Waals surface area contributed by atoms with Crippen molar-refractivity contribution >= 4 is 0 Å². The van der Waals surface area contributed by atoms with Gasteiger partial charge in [0.25, 0.3) is 0 Å². The number of nitrogens with one attached hydrogen (secondary N) is 1. The zero-order chi connectivity index (χ0) is 12.4. The van der Waals surface area contributed by atoms with Crippen LogP contribution in [-0.2, 0) is 6.42 Å². The molecule has 0 amide bonds. The van der Waals surface area contributed by atoms with Crippen LogP contribution in [0.15, 0.2) is 18.2 Å². The number of methoxy groups -OCH3 is 1. The molecule has 0 saturated heterocycles. The molecule has 0 spiro atoms. The summed E-state index contributed by atoms with van der Waals surface area (Å²) in [5.41, 5.74) is 2.90. The number of aryl methyl sites for hydroxylation is 1. The molecule has 1 aromatic carbocycles. The Labute approximate surface area is 104 Å². The minimum Gasteiger partial charge on any atom is -0.497 e. The number of hydrogen-bond acceptors (Lipinski definition) is 2.